The van der Waals surface area contributed by atoms with Gasteiger partial charge in [-0.15, -0.1) is 0 Å². The zero-order chi connectivity index (χ0) is 12.8. The highest BCUT2D eigenvalue weighted by Crippen LogP contribution is 2.29. The predicted molar refractivity (Wildman–Crippen MR) is 71.1 cm³/mol. The lowest BCUT2D eigenvalue weighted by Crippen LogP contribution is -2.07. The maximum absolute atomic E-state index is 10.3. The zero-order valence-corrected chi connectivity index (χ0v) is 11.6. The molecule has 0 radical (unpaired) electrons. The number of rotatable bonds is 7. The van der Waals surface area contributed by atoms with Crippen LogP contribution in [0.3, 0.4) is 0 Å². The Labute approximate surface area is 105 Å². The molecule has 2 nitrogen and oxygen atoms in total. The molecule has 1 aromatic rings. The third kappa shape index (κ3) is 4.19. The molecule has 0 aromatic carbocycles. The number of hydrogen-bond acceptors (Lipinski definition) is 2. The molecular weight excluding hydrogens is 212 g/mol. The molecule has 0 fully saturated rings. The summed E-state index contributed by atoms with van der Waals surface area (Å²) in [6.07, 6.45) is 5.35. The van der Waals surface area contributed by atoms with Crippen molar-refractivity contribution in [2.75, 3.05) is 0 Å². The van der Waals surface area contributed by atoms with Gasteiger partial charge in [0.25, 0.3) is 0 Å². The van der Waals surface area contributed by atoms with E-state index in [1.165, 1.54) is 19.3 Å². The number of aliphatic hydroxyl groups is 1. The van der Waals surface area contributed by atoms with E-state index in [-0.39, 0.29) is 6.10 Å². The minimum absolute atomic E-state index is 0.366. The molecule has 1 N–H and O–H groups in total. The molecule has 0 saturated carbocycles. The second-order valence-corrected chi connectivity index (χ2v) is 5.04. The van der Waals surface area contributed by atoms with Gasteiger partial charge in [0.1, 0.15) is 11.5 Å². The molecule has 0 amide bonds. The van der Waals surface area contributed by atoms with E-state index in [9.17, 15) is 5.11 Å². The fourth-order valence-electron chi connectivity index (χ4n) is 2.41. The lowest BCUT2D eigenvalue weighted by atomic mass is 9.91. The number of hydrogen-bond donors (Lipinski definition) is 1. The van der Waals surface area contributed by atoms with Crippen LogP contribution >= 0.6 is 0 Å². The van der Waals surface area contributed by atoms with E-state index in [1.807, 2.05) is 19.9 Å². The second kappa shape index (κ2) is 6.85. The fourth-order valence-corrected chi connectivity index (χ4v) is 2.41. The van der Waals surface area contributed by atoms with Crippen molar-refractivity contribution in [3.8, 4) is 0 Å². The minimum Gasteiger partial charge on any atom is -0.466 e. The highest BCUT2D eigenvalue weighted by atomic mass is 16.3. The number of aliphatic hydroxyl groups excluding tert-OH is 1. The van der Waals surface area contributed by atoms with E-state index in [4.69, 9.17) is 4.42 Å². The normalized spacial score (nSPS) is 14.9. The number of unbranched alkanes of at least 4 members (excludes halogenated alkanes) is 1. The van der Waals surface area contributed by atoms with Gasteiger partial charge in [0.2, 0.25) is 0 Å². The zero-order valence-electron chi connectivity index (χ0n) is 11.6. The van der Waals surface area contributed by atoms with E-state index in [1.54, 1.807) is 0 Å². The lowest BCUT2D eigenvalue weighted by Gasteiger charge is -2.18. The van der Waals surface area contributed by atoms with Gasteiger partial charge in [-0.05, 0) is 32.3 Å². The van der Waals surface area contributed by atoms with Gasteiger partial charge in [0, 0.05) is 5.56 Å². The molecule has 1 aromatic heterocycles. The molecular formula is C15H26O2. The van der Waals surface area contributed by atoms with Crippen molar-refractivity contribution in [2.24, 2.45) is 5.92 Å². The summed E-state index contributed by atoms with van der Waals surface area (Å²) < 4.78 is 5.47. The van der Waals surface area contributed by atoms with Gasteiger partial charge in [-0.25, -0.2) is 0 Å². The van der Waals surface area contributed by atoms with E-state index >= 15 is 0 Å². The second-order valence-electron chi connectivity index (χ2n) is 5.04. The van der Waals surface area contributed by atoms with Crippen LogP contribution in [0.15, 0.2) is 10.5 Å². The molecule has 1 rings (SSSR count). The van der Waals surface area contributed by atoms with E-state index < -0.39 is 0 Å². The summed E-state index contributed by atoms with van der Waals surface area (Å²) in [5.41, 5.74) is 0.970. The van der Waals surface area contributed by atoms with Crippen LogP contribution in [0.2, 0.25) is 0 Å². The van der Waals surface area contributed by atoms with Gasteiger partial charge in [0.05, 0.1) is 6.10 Å². The first-order valence-electron chi connectivity index (χ1n) is 6.83. The summed E-state index contributed by atoms with van der Waals surface area (Å²) in [4.78, 5) is 0. The van der Waals surface area contributed by atoms with Crippen molar-refractivity contribution in [3.63, 3.8) is 0 Å². The lowest BCUT2D eigenvalue weighted by molar-refractivity contribution is 0.137. The Bertz CT molecular complexity index is 328. The van der Waals surface area contributed by atoms with Gasteiger partial charge in [-0.1, -0.05) is 39.5 Å². The Balaban J connectivity index is 2.57. The predicted octanol–water partition coefficient (Wildman–Crippen LogP) is 4.54. The standard InChI is InChI=1S/C15H26O2/c1-5-7-8-13(6-2)10-15(16)14-9-11(3)17-12(14)4/h9,13,15-16H,5-8,10H2,1-4H3. The van der Waals surface area contributed by atoms with Crippen molar-refractivity contribution >= 4 is 0 Å². The largest absolute Gasteiger partial charge is 0.466 e. The quantitative estimate of drug-likeness (QED) is 0.756. The molecule has 2 heteroatoms. The van der Waals surface area contributed by atoms with E-state index in [0.29, 0.717) is 5.92 Å². The van der Waals surface area contributed by atoms with Crippen LogP contribution in [0.4, 0.5) is 0 Å². The van der Waals surface area contributed by atoms with Gasteiger partial charge in [-0.3, -0.25) is 0 Å². The van der Waals surface area contributed by atoms with Crippen LogP contribution in [-0.4, -0.2) is 5.11 Å². The topological polar surface area (TPSA) is 33.4 Å². The molecule has 2 unspecified atom stereocenters. The molecule has 0 aliphatic rings. The molecule has 0 spiro atoms. The van der Waals surface area contributed by atoms with Gasteiger partial charge >= 0.3 is 0 Å². The van der Waals surface area contributed by atoms with Crippen molar-refractivity contribution < 1.29 is 9.52 Å². The van der Waals surface area contributed by atoms with Crippen LogP contribution in [0.5, 0.6) is 0 Å². The maximum atomic E-state index is 10.3. The average molecular weight is 238 g/mol. The molecule has 1 heterocycles. The van der Waals surface area contributed by atoms with Crippen LogP contribution in [0.25, 0.3) is 0 Å². The van der Waals surface area contributed by atoms with Crippen LogP contribution in [0.1, 0.15) is 69.1 Å². The van der Waals surface area contributed by atoms with Gasteiger partial charge in [-0.2, -0.15) is 0 Å². The minimum atomic E-state index is -0.366. The maximum Gasteiger partial charge on any atom is 0.106 e. The fraction of sp³-hybridized carbons (Fsp3) is 0.733. The molecule has 0 bridgehead atoms. The highest BCUT2D eigenvalue weighted by Gasteiger charge is 2.18. The van der Waals surface area contributed by atoms with Crippen LogP contribution < -0.4 is 0 Å². The molecule has 2 atom stereocenters. The summed E-state index contributed by atoms with van der Waals surface area (Å²) in [7, 11) is 0. The molecule has 98 valence electrons. The Morgan fingerprint density at radius 3 is 2.47 bits per heavy atom. The Kier molecular flexibility index (Phi) is 5.76. The Morgan fingerprint density at radius 1 is 1.29 bits per heavy atom. The summed E-state index contributed by atoms with van der Waals surface area (Å²) in [6, 6.07) is 1.96. The summed E-state index contributed by atoms with van der Waals surface area (Å²) in [6.45, 7) is 8.28. The van der Waals surface area contributed by atoms with Gasteiger partial charge in [0.15, 0.2) is 0 Å². The summed E-state index contributed by atoms with van der Waals surface area (Å²) >= 11 is 0. The number of furan rings is 1. The van der Waals surface area contributed by atoms with E-state index in [0.717, 1.165) is 29.9 Å². The Hall–Kier alpha value is -0.760. The third-order valence-corrected chi connectivity index (χ3v) is 3.54. The summed E-state index contributed by atoms with van der Waals surface area (Å²) in [5, 5.41) is 10.3. The smallest absolute Gasteiger partial charge is 0.106 e. The number of aryl methyl sites for hydroxylation is 2. The molecule has 0 aliphatic carbocycles. The van der Waals surface area contributed by atoms with Crippen LogP contribution in [0, 0.1) is 19.8 Å². The highest BCUT2D eigenvalue weighted by molar-refractivity contribution is 5.22. The van der Waals surface area contributed by atoms with Gasteiger partial charge < -0.3 is 9.52 Å². The first-order chi connectivity index (χ1) is 8.08. The first kappa shape index (κ1) is 14.3. The van der Waals surface area contributed by atoms with Crippen LogP contribution in [-0.2, 0) is 0 Å². The van der Waals surface area contributed by atoms with Crippen molar-refractivity contribution in [3.05, 3.63) is 23.2 Å². The SMILES string of the molecule is CCCCC(CC)CC(O)c1cc(C)oc1C. The summed E-state index contributed by atoms with van der Waals surface area (Å²) in [5.74, 6) is 2.37. The molecule has 0 aliphatic heterocycles. The monoisotopic (exact) mass is 238 g/mol. The van der Waals surface area contributed by atoms with E-state index in [2.05, 4.69) is 13.8 Å². The first-order valence-corrected chi connectivity index (χ1v) is 6.83. The van der Waals surface area contributed by atoms with Crippen molar-refractivity contribution in [1.29, 1.82) is 0 Å². The molecule has 17 heavy (non-hydrogen) atoms. The third-order valence-electron chi connectivity index (χ3n) is 3.54. The van der Waals surface area contributed by atoms with Crippen molar-refractivity contribution in [1.82, 2.24) is 0 Å². The Morgan fingerprint density at radius 2 is 2.00 bits per heavy atom. The van der Waals surface area contributed by atoms with Crippen molar-refractivity contribution in [2.45, 2.75) is 65.9 Å². The molecule has 0 saturated heterocycles. The average Bonchev–Trinajstić information content (AvgIpc) is 2.63.